The van der Waals surface area contributed by atoms with E-state index in [4.69, 9.17) is 27.9 Å². The van der Waals surface area contributed by atoms with Gasteiger partial charge in [-0.1, -0.05) is 41.4 Å². The Balaban J connectivity index is 2.07. The summed E-state index contributed by atoms with van der Waals surface area (Å²) in [4.78, 5) is 12.3. The molecule has 0 aromatic heterocycles. The molecule has 1 N–H and O–H groups in total. The molecule has 0 aliphatic rings. The second-order valence-electron chi connectivity index (χ2n) is 5.70. The van der Waals surface area contributed by atoms with Crippen LogP contribution in [0.2, 0.25) is 10.0 Å². The zero-order chi connectivity index (χ0) is 20.0. The fourth-order valence-corrected chi connectivity index (χ4v) is 3.63. The number of hydrogen-bond donors (Lipinski definition) is 1. The van der Waals surface area contributed by atoms with Crippen molar-refractivity contribution in [2.45, 2.75) is 13.5 Å². The first kappa shape index (κ1) is 21.3. The number of nitrogens with zero attached hydrogens (tertiary/aromatic N) is 1. The number of rotatable bonds is 8. The standard InChI is InChI=1S/C18H20Cl2N2O4S/c1-3-26-14-9-7-13(8-10-14)11-21-17(23)12-22(27(2,24)25)16-6-4-5-15(19)18(16)20/h4-10H,3,11-12H2,1-2H3,(H,21,23). The summed E-state index contributed by atoms with van der Waals surface area (Å²) in [7, 11) is -3.73. The summed E-state index contributed by atoms with van der Waals surface area (Å²) in [6.07, 6.45) is 1.00. The molecule has 146 valence electrons. The van der Waals surface area contributed by atoms with Gasteiger partial charge in [0.1, 0.15) is 12.3 Å². The van der Waals surface area contributed by atoms with Crippen molar-refractivity contribution in [3.8, 4) is 5.75 Å². The molecule has 0 aliphatic carbocycles. The Morgan fingerprint density at radius 3 is 2.41 bits per heavy atom. The Kier molecular flexibility index (Phi) is 7.35. The van der Waals surface area contributed by atoms with Gasteiger partial charge in [-0.25, -0.2) is 8.42 Å². The van der Waals surface area contributed by atoms with Crippen LogP contribution in [0.1, 0.15) is 12.5 Å². The molecular weight excluding hydrogens is 411 g/mol. The molecular formula is C18H20Cl2N2O4S. The van der Waals surface area contributed by atoms with E-state index >= 15 is 0 Å². The van der Waals surface area contributed by atoms with E-state index in [9.17, 15) is 13.2 Å². The average molecular weight is 431 g/mol. The zero-order valence-corrected chi connectivity index (χ0v) is 17.2. The lowest BCUT2D eigenvalue weighted by molar-refractivity contribution is -0.119. The third-order valence-electron chi connectivity index (χ3n) is 3.61. The highest BCUT2D eigenvalue weighted by Gasteiger charge is 2.23. The third kappa shape index (κ3) is 6.02. The number of nitrogens with one attached hydrogen (secondary N) is 1. The molecule has 2 rings (SSSR count). The number of hydrogen-bond acceptors (Lipinski definition) is 4. The molecule has 0 atom stereocenters. The van der Waals surface area contributed by atoms with Crippen molar-refractivity contribution in [2.75, 3.05) is 23.7 Å². The van der Waals surface area contributed by atoms with Crippen molar-refractivity contribution in [1.29, 1.82) is 0 Å². The van der Waals surface area contributed by atoms with Gasteiger partial charge >= 0.3 is 0 Å². The van der Waals surface area contributed by atoms with Gasteiger partial charge in [-0.15, -0.1) is 0 Å². The Labute approximate surface area is 169 Å². The molecule has 6 nitrogen and oxygen atoms in total. The van der Waals surface area contributed by atoms with Crippen LogP contribution in [-0.2, 0) is 21.4 Å². The highest BCUT2D eigenvalue weighted by Crippen LogP contribution is 2.33. The minimum atomic E-state index is -3.73. The van der Waals surface area contributed by atoms with Crippen molar-refractivity contribution in [2.24, 2.45) is 0 Å². The summed E-state index contributed by atoms with van der Waals surface area (Å²) in [5.41, 5.74) is 1.02. The largest absolute Gasteiger partial charge is 0.494 e. The summed E-state index contributed by atoms with van der Waals surface area (Å²) < 4.78 is 30.6. The maximum atomic E-state index is 12.3. The van der Waals surface area contributed by atoms with Crippen molar-refractivity contribution in [3.05, 3.63) is 58.1 Å². The van der Waals surface area contributed by atoms with Gasteiger partial charge in [0.25, 0.3) is 0 Å². The lowest BCUT2D eigenvalue weighted by Gasteiger charge is -2.23. The Hall–Kier alpha value is -1.96. The van der Waals surface area contributed by atoms with E-state index in [1.807, 2.05) is 19.1 Å². The minimum Gasteiger partial charge on any atom is -0.494 e. The fourth-order valence-electron chi connectivity index (χ4n) is 2.32. The van der Waals surface area contributed by atoms with Gasteiger partial charge in [-0.05, 0) is 36.8 Å². The maximum Gasteiger partial charge on any atom is 0.241 e. The van der Waals surface area contributed by atoms with Gasteiger partial charge in [-0.2, -0.15) is 0 Å². The molecule has 0 saturated carbocycles. The van der Waals surface area contributed by atoms with Gasteiger partial charge in [0.15, 0.2) is 0 Å². The normalized spacial score (nSPS) is 11.1. The number of halogens is 2. The first-order chi connectivity index (χ1) is 12.7. The summed E-state index contributed by atoms with van der Waals surface area (Å²) in [6, 6.07) is 11.9. The van der Waals surface area contributed by atoms with Gasteiger partial charge < -0.3 is 10.1 Å². The molecule has 0 saturated heterocycles. The smallest absolute Gasteiger partial charge is 0.241 e. The van der Waals surface area contributed by atoms with Gasteiger partial charge in [-0.3, -0.25) is 9.10 Å². The van der Waals surface area contributed by atoms with Gasteiger partial charge in [0, 0.05) is 6.54 Å². The van der Waals surface area contributed by atoms with E-state index in [-0.39, 0.29) is 22.3 Å². The molecule has 0 fully saturated rings. The van der Waals surface area contributed by atoms with Gasteiger partial charge in [0.2, 0.25) is 15.9 Å². The predicted molar refractivity (Wildman–Crippen MR) is 108 cm³/mol. The molecule has 1 amide bonds. The quantitative estimate of drug-likeness (QED) is 0.695. The van der Waals surface area contributed by atoms with E-state index < -0.39 is 22.5 Å². The molecule has 0 heterocycles. The van der Waals surface area contributed by atoms with Crippen LogP contribution >= 0.6 is 23.2 Å². The number of carbonyl (C=O) groups excluding carboxylic acids is 1. The summed E-state index contributed by atoms with van der Waals surface area (Å²) in [6.45, 7) is 2.32. The average Bonchev–Trinajstić information content (AvgIpc) is 2.61. The first-order valence-electron chi connectivity index (χ1n) is 8.12. The van der Waals surface area contributed by atoms with Crippen molar-refractivity contribution >= 4 is 44.8 Å². The fraction of sp³-hybridized carbons (Fsp3) is 0.278. The molecule has 9 heteroatoms. The van der Waals surface area contributed by atoms with Crippen LogP contribution in [-0.4, -0.2) is 33.7 Å². The van der Waals surface area contributed by atoms with Crippen molar-refractivity contribution in [1.82, 2.24) is 5.32 Å². The highest BCUT2D eigenvalue weighted by atomic mass is 35.5. The number of benzene rings is 2. The van der Waals surface area contributed by atoms with Crippen molar-refractivity contribution < 1.29 is 17.9 Å². The third-order valence-corrected chi connectivity index (χ3v) is 5.55. The maximum absolute atomic E-state index is 12.3. The lowest BCUT2D eigenvalue weighted by Crippen LogP contribution is -2.40. The van der Waals surface area contributed by atoms with Crippen LogP contribution < -0.4 is 14.4 Å². The Bertz CT molecular complexity index is 902. The summed E-state index contributed by atoms with van der Waals surface area (Å²) in [5.74, 6) is 0.275. The number of anilines is 1. The topological polar surface area (TPSA) is 75.7 Å². The molecule has 0 aliphatic heterocycles. The van der Waals surface area contributed by atoms with E-state index in [0.29, 0.717) is 6.61 Å². The van der Waals surface area contributed by atoms with E-state index in [2.05, 4.69) is 5.32 Å². The molecule has 27 heavy (non-hydrogen) atoms. The van der Waals surface area contributed by atoms with Crippen LogP contribution in [0.4, 0.5) is 5.69 Å². The molecule has 0 bridgehead atoms. The molecule has 0 unspecified atom stereocenters. The van der Waals surface area contributed by atoms with Crippen LogP contribution in [0.3, 0.4) is 0 Å². The summed E-state index contributed by atoms with van der Waals surface area (Å²) in [5, 5.41) is 2.97. The Morgan fingerprint density at radius 2 is 1.81 bits per heavy atom. The lowest BCUT2D eigenvalue weighted by atomic mass is 10.2. The second kappa shape index (κ2) is 9.30. The molecule has 2 aromatic rings. The number of carbonyl (C=O) groups is 1. The van der Waals surface area contributed by atoms with E-state index in [1.54, 1.807) is 24.3 Å². The van der Waals surface area contributed by atoms with Crippen LogP contribution in [0.15, 0.2) is 42.5 Å². The van der Waals surface area contributed by atoms with E-state index in [1.165, 1.54) is 6.07 Å². The second-order valence-corrected chi connectivity index (χ2v) is 8.39. The zero-order valence-electron chi connectivity index (χ0n) is 14.9. The number of sulfonamides is 1. The van der Waals surface area contributed by atoms with E-state index in [0.717, 1.165) is 21.9 Å². The summed E-state index contributed by atoms with van der Waals surface area (Å²) >= 11 is 12.1. The monoisotopic (exact) mass is 430 g/mol. The number of amides is 1. The predicted octanol–water partition coefficient (Wildman–Crippen LogP) is 3.47. The molecule has 2 aromatic carbocycles. The molecule has 0 spiro atoms. The highest BCUT2D eigenvalue weighted by molar-refractivity contribution is 7.92. The van der Waals surface area contributed by atoms with Crippen LogP contribution in [0, 0.1) is 0 Å². The van der Waals surface area contributed by atoms with Crippen LogP contribution in [0.5, 0.6) is 5.75 Å². The van der Waals surface area contributed by atoms with Crippen LogP contribution in [0.25, 0.3) is 0 Å². The SMILES string of the molecule is CCOc1ccc(CNC(=O)CN(c2cccc(Cl)c2Cl)S(C)(=O)=O)cc1. The minimum absolute atomic E-state index is 0.0731. The first-order valence-corrected chi connectivity index (χ1v) is 10.7. The number of ether oxygens (including phenoxy) is 1. The Morgan fingerprint density at radius 1 is 1.15 bits per heavy atom. The van der Waals surface area contributed by atoms with Crippen molar-refractivity contribution in [3.63, 3.8) is 0 Å². The molecule has 0 radical (unpaired) electrons. The van der Waals surface area contributed by atoms with Gasteiger partial charge in [0.05, 0.1) is 28.6 Å².